The number of furan rings is 1. The topological polar surface area (TPSA) is 52.0 Å². The van der Waals surface area contributed by atoms with E-state index in [0.717, 1.165) is 30.6 Å². The molecule has 1 aliphatic heterocycles. The van der Waals surface area contributed by atoms with Gasteiger partial charge in [0.25, 0.3) is 0 Å². The largest absolute Gasteiger partial charge is 0.464 e. The van der Waals surface area contributed by atoms with Crippen molar-refractivity contribution in [3.8, 4) is 0 Å². The molecule has 0 N–H and O–H groups in total. The van der Waals surface area contributed by atoms with Crippen LogP contribution < -0.4 is 0 Å². The molecule has 4 heteroatoms. The molecule has 4 rings (SSSR count). The van der Waals surface area contributed by atoms with Gasteiger partial charge >= 0.3 is 5.97 Å². The van der Waals surface area contributed by atoms with E-state index in [-0.39, 0.29) is 35.1 Å². The van der Waals surface area contributed by atoms with Gasteiger partial charge in [-0.15, -0.1) is 0 Å². The smallest absolute Gasteiger partial charge is 0.302 e. The summed E-state index contributed by atoms with van der Waals surface area (Å²) in [5.74, 6) is 0.977. The Morgan fingerprint density at radius 1 is 1.31 bits per heavy atom. The molecule has 0 unspecified atom stereocenters. The zero-order chi connectivity index (χ0) is 18.7. The van der Waals surface area contributed by atoms with Crippen LogP contribution in [0.15, 0.2) is 28.4 Å². The zero-order valence-electron chi connectivity index (χ0n) is 16.3. The molecule has 2 aliphatic carbocycles. The van der Waals surface area contributed by atoms with Crippen molar-refractivity contribution in [1.29, 1.82) is 0 Å². The van der Waals surface area contributed by atoms with Crippen molar-refractivity contribution in [2.45, 2.75) is 71.7 Å². The van der Waals surface area contributed by atoms with Crippen molar-refractivity contribution >= 4 is 12.0 Å². The van der Waals surface area contributed by atoms with E-state index in [1.165, 1.54) is 18.1 Å². The molecule has 1 aromatic heterocycles. The summed E-state index contributed by atoms with van der Waals surface area (Å²) in [6, 6.07) is 0. The Balaban J connectivity index is 1.82. The number of ether oxygens (including phenoxy) is 2. The van der Waals surface area contributed by atoms with Crippen LogP contribution >= 0.6 is 0 Å². The van der Waals surface area contributed by atoms with Gasteiger partial charge in [0.2, 0.25) is 0 Å². The Bertz CT molecular complexity index is 801. The van der Waals surface area contributed by atoms with E-state index in [0.29, 0.717) is 0 Å². The third kappa shape index (κ3) is 2.66. The monoisotopic (exact) mass is 356 g/mol. The molecule has 0 bridgehead atoms. The number of hydrogen-bond donors (Lipinski definition) is 0. The minimum absolute atomic E-state index is 0.130. The fourth-order valence-electron chi connectivity index (χ4n) is 5.13. The van der Waals surface area contributed by atoms with Gasteiger partial charge in [-0.2, -0.15) is 0 Å². The quantitative estimate of drug-likeness (QED) is 0.545. The molecule has 0 amide bonds. The van der Waals surface area contributed by atoms with Crippen LogP contribution in [-0.2, 0) is 20.7 Å². The van der Waals surface area contributed by atoms with Crippen LogP contribution in [0.25, 0.3) is 6.08 Å². The highest BCUT2D eigenvalue weighted by molar-refractivity contribution is 5.66. The van der Waals surface area contributed by atoms with Crippen molar-refractivity contribution in [1.82, 2.24) is 0 Å². The molecule has 3 aliphatic rings. The van der Waals surface area contributed by atoms with Gasteiger partial charge in [-0.05, 0) is 50.8 Å². The first-order valence-electron chi connectivity index (χ1n) is 9.51. The van der Waals surface area contributed by atoms with Crippen molar-refractivity contribution in [2.75, 3.05) is 0 Å². The molecule has 1 aromatic rings. The number of carbonyl (C=O) groups is 1. The third-order valence-corrected chi connectivity index (χ3v) is 6.78. The SMILES string of the molecule is CC(=O)O[C@H]1C[C@@H]2O[C@]2(C)[C@@H]2Cc3c(C)coc3C=C(C)C=CC[C@@]12C. The van der Waals surface area contributed by atoms with E-state index in [4.69, 9.17) is 13.9 Å². The van der Waals surface area contributed by atoms with E-state index < -0.39 is 0 Å². The van der Waals surface area contributed by atoms with Gasteiger partial charge in [-0.3, -0.25) is 4.79 Å². The number of rotatable bonds is 1. The summed E-state index contributed by atoms with van der Waals surface area (Å²) in [4.78, 5) is 11.8. The number of aryl methyl sites for hydroxylation is 1. The molecule has 4 nitrogen and oxygen atoms in total. The molecule has 0 aromatic carbocycles. The van der Waals surface area contributed by atoms with Crippen LogP contribution in [0.1, 0.15) is 57.4 Å². The van der Waals surface area contributed by atoms with Crippen LogP contribution in [0, 0.1) is 18.3 Å². The predicted molar refractivity (Wildman–Crippen MR) is 99.6 cm³/mol. The second-order valence-corrected chi connectivity index (χ2v) is 8.64. The van der Waals surface area contributed by atoms with Gasteiger partial charge in [-0.25, -0.2) is 0 Å². The summed E-state index contributed by atoms with van der Waals surface area (Å²) in [6.45, 7) is 10.2. The minimum Gasteiger partial charge on any atom is -0.464 e. The molecule has 5 atom stereocenters. The van der Waals surface area contributed by atoms with Gasteiger partial charge in [-0.1, -0.05) is 19.1 Å². The Morgan fingerprint density at radius 3 is 2.81 bits per heavy atom. The lowest BCUT2D eigenvalue weighted by Crippen LogP contribution is -2.53. The fourth-order valence-corrected chi connectivity index (χ4v) is 5.13. The van der Waals surface area contributed by atoms with Gasteiger partial charge in [0.15, 0.2) is 0 Å². The van der Waals surface area contributed by atoms with Gasteiger partial charge < -0.3 is 13.9 Å². The Labute approximate surface area is 155 Å². The number of hydrogen-bond acceptors (Lipinski definition) is 4. The molecule has 1 saturated heterocycles. The van der Waals surface area contributed by atoms with Crippen molar-refractivity contribution in [2.24, 2.45) is 11.3 Å². The average Bonchev–Trinajstić information content (AvgIpc) is 3.09. The maximum atomic E-state index is 11.8. The lowest BCUT2D eigenvalue weighted by molar-refractivity contribution is -0.160. The summed E-state index contributed by atoms with van der Waals surface area (Å²) in [5, 5.41) is 0. The Morgan fingerprint density at radius 2 is 2.08 bits per heavy atom. The molecule has 26 heavy (non-hydrogen) atoms. The van der Waals surface area contributed by atoms with Gasteiger partial charge in [0, 0.05) is 30.2 Å². The lowest BCUT2D eigenvalue weighted by atomic mass is 9.58. The highest BCUT2D eigenvalue weighted by atomic mass is 16.6. The van der Waals surface area contributed by atoms with Crippen LogP contribution in [0.5, 0.6) is 0 Å². The van der Waals surface area contributed by atoms with E-state index >= 15 is 0 Å². The average molecular weight is 356 g/mol. The maximum Gasteiger partial charge on any atom is 0.302 e. The number of epoxide rings is 1. The second-order valence-electron chi connectivity index (χ2n) is 8.64. The minimum atomic E-state index is -0.212. The molecule has 0 spiro atoms. The summed E-state index contributed by atoms with van der Waals surface area (Å²) in [7, 11) is 0. The van der Waals surface area contributed by atoms with Crippen LogP contribution in [0.4, 0.5) is 0 Å². The summed E-state index contributed by atoms with van der Waals surface area (Å²) >= 11 is 0. The van der Waals surface area contributed by atoms with E-state index in [1.807, 2.05) is 6.26 Å². The lowest BCUT2D eigenvalue weighted by Gasteiger charge is -2.47. The van der Waals surface area contributed by atoms with E-state index in [9.17, 15) is 4.79 Å². The number of fused-ring (bicyclic) bond motifs is 4. The molecule has 2 heterocycles. The van der Waals surface area contributed by atoms with Crippen LogP contribution in [-0.4, -0.2) is 23.8 Å². The maximum absolute atomic E-state index is 11.8. The summed E-state index contributed by atoms with van der Waals surface area (Å²) < 4.78 is 17.8. The van der Waals surface area contributed by atoms with Crippen molar-refractivity contribution in [3.63, 3.8) is 0 Å². The normalized spacial score (nSPS) is 38.5. The standard InChI is InChI=1S/C22H28O4/c1-13-7-6-8-21(4)18(10-16-14(2)12-24-17(16)9-13)22(5)20(26-22)11-19(21)25-15(3)23/h6-7,9,12,18-20H,8,10-11H2,1-5H3/t18-,19+,20+,21-,22-/m1/s1. The number of allylic oxidation sites excluding steroid dienone is 3. The number of esters is 1. The molecular formula is C22H28O4. The van der Waals surface area contributed by atoms with E-state index in [2.05, 4.69) is 45.9 Å². The first-order valence-corrected chi connectivity index (χ1v) is 9.51. The molecule has 0 radical (unpaired) electrons. The first-order chi connectivity index (χ1) is 12.2. The number of carbonyl (C=O) groups excluding carboxylic acids is 1. The molecule has 2 fully saturated rings. The predicted octanol–water partition coefficient (Wildman–Crippen LogP) is 4.61. The van der Waals surface area contributed by atoms with Gasteiger partial charge in [0.1, 0.15) is 11.9 Å². The van der Waals surface area contributed by atoms with E-state index in [1.54, 1.807) is 0 Å². The third-order valence-electron chi connectivity index (χ3n) is 6.78. The summed E-state index contributed by atoms with van der Waals surface area (Å²) in [6.07, 6.45) is 10.9. The van der Waals surface area contributed by atoms with Crippen LogP contribution in [0.2, 0.25) is 0 Å². The molecule has 1 saturated carbocycles. The Hall–Kier alpha value is -1.81. The molecular weight excluding hydrogens is 328 g/mol. The zero-order valence-corrected chi connectivity index (χ0v) is 16.3. The molecule has 140 valence electrons. The van der Waals surface area contributed by atoms with Crippen molar-refractivity contribution < 1.29 is 18.7 Å². The summed E-state index contributed by atoms with van der Waals surface area (Å²) in [5.41, 5.74) is 3.25. The fraction of sp³-hybridized carbons (Fsp3) is 0.591. The first kappa shape index (κ1) is 17.6. The van der Waals surface area contributed by atoms with Gasteiger partial charge in [0.05, 0.1) is 18.0 Å². The van der Waals surface area contributed by atoms with Crippen LogP contribution in [0.3, 0.4) is 0 Å². The highest BCUT2D eigenvalue weighted by Crippen LogP contribution is 2.61. The van der Waals surface area contributed by atoms with Crippen molar-refractivity contribution in [3.05, 3.63) is 40.9 Å². The highest BCUT2D eigenvalue weighted by Gasteiger charge is 2.68. The Kier molecular flexibility index (Phi) is 3.96. The second kappa shape index (κ2) is 5.85.